The summed E-state index contributed by atoms with van der Waals surface area (Å²) in [6, 6.07) is -0.219. The maximum atomic E-state index is 12.4. The first-order valence-corrected chi connectivity index (χ1v) is 10.4. The Balaban J connectivity index is 1.95. The summed E-state index contributed by atoms with van der Waals surface area (Å²) in [5.74, 6) is 0.453. The summed E-state index contributed by atoms with van der Waals surface area (Å²) in [6.45, 7) is 5.11. The largest absolute Gasteiger partial charge is 0.375 e. The van der Waals surface area contributed by atoms with Crippen molar-refractivity contribution in [2.24, 2.45) is 11.8 Å². The van der Waals surface area contributed by atoms with Gasteiger partial charge in [-0.25, -0.2) is 18.1 Å². The maximum Gasteiger partial charge on any atom is 0.223 e. The number of nitrogens with one attached hydrogen (secondary N) is 1. The molecule has 1 aromatic heterocycles. The first-order chi connectivity index (χ1) is 10.7. The van der Waals surface area contributed by atoms with Crippen molar-refractivity contribution in [1.82, 2.24) is 14.6 Å². The van der Waals surface area contributed by atoms with E-state index in [4.69, 9.17) is 5.73 Å². The fourth-order valence-electron chi connectivity index (χ4n) is 2.94. The van der Waals surface area contributed by atoms with E-state index in [1.165, 1.54) is 11.3 Å². The quantitative estimate of drug-likeness (QED) is 0.776. The van der Waals surface area contributed by atoms with Gasteiger partial charge in [-0.3, -0.25) is 4.79 Å². The second kappa shape index (κ2) is 7.14. The highest BCUT2D eigenvalue weighted by molar-refractivity contribution is 7.88. The van der Waals surface area contributed by atoms with E-state index in [1.54, 1.807) is 4.90 Å². The van der Waals surface area contributed by atoms with Crippen LogP contribution in [0.3, 0.4) is 0 Å². The standard InChI is InChI=1S/C14H24N4O3S2/c1-9(2)11-6-18(7-12(11)17-23(3,20)21)13(19)5-4-10-8-22-14(15)16-10/h8-9,11-12,17H,4-7H2,1-3H3,(H2,15,16)/t11-,12+/m0/s1. The molecule has 1 amide bonds. The molecule has 130 valence electrons. The highest BCUT2D eigenvalue weighted by Crippen LogP contribution is 2.25. The Morgan fingerprint density at radius 3 is 2.74 bits per heavy atom. The number of hydrogen-bond donors (Lipinski definition) is 2. The number of thiazole rings is 1. The van der Waals surface area contributed by atoms with Crippen LogP contribution in [0.1, 0.15) is 26.0 Å². The molecular weight excluding hydrogens is 336 g/mol. The van der Waals surface area contributed by atoms with Gasteiger partial charge in [-0.05, 0) is 18.3 Å². The van der Waals surface area contributed by atoms with Gasteiger partial charge in [0.2, 0.25) is 15.9 Å². The van der Waals surface area contributed by atoms with Crippen molar-refractivity contribution in [3.63, 3.8) is 0 Å². The topological polar surface area (TPSA) is 105 Å². The molecule has 2 atom stereocenters. The number of aryl methyl sites for hydroxylation is 1. The molecule has 1 fully saturated rings. The number of hydrogen-bond acceptors (Lipinski definition) is 6. The highest BCUT2D eigenvalue weighted by Gasteiger charge is 2.37. The number of likely N-dealkylation sites (tertiary alicyclic amines) is 1. The minimum absolute atomic E-state index is 0.0278. The molecule has 1 saturated heterocycles. The van der Waals surface area contributed by atoms with E-state index in [1.807, 2.05) is 19.2 Å². The van der Waals surface area contributed by atoms with Crippen LogP contribution in [0, 0.1) is 11.8 Å². The molecule has 0 radical (unpaired) electrons. The molecule has 1 aromatic rings. The monoisotopic (exact) mass is 360 g/mol. The zero-order valence-electron chi connectivity index (χ0n) is 13.7. The third-order valence-electron chi connectivity index (χ3n) is 4.10. The average molecular weight is 361 g/mol. The van der Waals surface area contributed by atoms with E-state index in [9.17, 15) is 13.2 Å². The lowest BCUT2D eigenvalue weighted by Crippen LogP contribution is -2.41. The maximum absolute atomic E-state index is 12.4. The van der Waals surface area contributed by atoms with Gasteiger partial charge in [0.1, 0.15) is 0 Å². The van der Waals surface area contributed by atoms with Gasteiger partial charge in [-0.2, -0.15) is 0 Å². The number of anilines is 1. The predicted molar refractivity (Wildman–Crippen MR) is 91.5 cm³/mol. The smallest absolute Gasteiger partial charge is 0.223 e. The molecule has 2 rings (SSSR count). The number of nitrogens with two attached hydrogens (primary N) is 1. The zero-order valence-corrected chi connectivity index (χ0v) is 15.3. The van der Waals surface area contributed by atoms with Crippen LogP contribution in [-0.4, -0.2) is 49.6 Å². The Hall–Kier alpha value is -1.19. The van der Waals surface area contributed by atoms with Gasteiger partial charge in [0.05, 0.1) is 11.9 Å². The van der Waals surface area contributed by atoms with Crippen molar-refractivity contribution >= 4 is 32.4 Å². The number of aromatic nitrogens is 1. The summed E-state index contributed by atoms with van der Waals surface area (Å²) in [5.41, 5.74) is 6.41. The van der Waals surface area contributed by atoms with Gasteiger partial charge in [0.25, 0.3) is 0 Å². The number of nitrogen functional groups attached to an aromatic ring is 1. The summed E-state index contributed by atoms with van der Waals surface area (Å²) in [7, 11) is -3.29. The molecule has 0 aromatic carbocycles. The van der Waals surface area contributed by atoms with Crippen molar-refractivity contribution in [2.75, 3.05) is 25.1 Å². The molecule has 2 heterocycles. The molecule has 3 N–H and O–H groups in total. The number of nitrogens with zero attached hydrogens (tertiary/aromatic N) is 2. The van der Waals surface area contributed by atoms with Crippen LogP contribution in [0.15, 0.2) is 5.38 Å². The number of sulfonamides is 1. The fraction of sp³-hybridized carbons (Fsp3) is 0.714. The van der Waals surface area contributed by atoms with Gasteiger partial charge in [0, 0.05) is 30.9 Å². The molecule has 0 unspecified atom stereocenters. The summed E-state index contributed by atoms with van der Waals surface area (Å²) in [6.07, 6.45) is 2.07. The van der Waals surface area contributed by atoms with E-state index < -0.39 is 10.0 Å². The Morgan fingerprint density at radius 1 is 1.52 bits per heavy atom. The minimum Gasteiger partial charge on any atom is -0.375 e. The molecule has 9 heteroatoms. The molecule has 1 aliphatic heterocycles. The van der Waals surface area contributed by atoms with Crippen LogP contribution in [0.4, 0.5) is 5.13 Å². The average Bonchev–Trinajstić information content (AvgIpc) is 3.00. The van der Waals surface area contributed by atoms with Crippen LogP contribution < -0.4 is 10.5 Å². The highest BCUT2D eigenvalue weighted by atomic mass is 32.2. The van der Waals surface area contributed by atoms with Gasteiger partial charge in [-0.1, -0.05) is 13.8 Å². The summed E-state index contributed by atoms with van der Waals surface area (Å²) in [4.78, 5) is 18.3. The first-order valence-electron chi connectivity index (χ1n) is 7.60. The van der Waals surface area contributed by atoms with E-state index in [2.05, 4.69) is 9.71 Å². The van der Waals surface area contributed by atoms with Crippen molar-refractivity contribution in [3.8, 4) is 0 Å². The molecule has 0 saturated carbocycles. The predicted octanol–water partition coefficient (Wildman–Crippen LogP) is 0.690. The van der Waals surface area contributed by atoms with Crippen molar-refractivity contribution in [3.05, 3.63) is 11.1 Å². The lowest BCUT2D eigenvalue weighted by atomic mass is 9.92. The summed E-state index contributed by atoms with van der Waals surface area (Å²) in [5, 5.41) is 2.36. The SMILES string of the molecule is CC(C)[C@@H]1CN(C(=O)CCc2csc(N)n2)C[C@H]1NS(C)(=O)=O. The van der Waals surface area contributed by atoms with Crippen molar-refractivity contribution in [1.29, 1.82) is 0 Å². The molecule has 0 spiro atoms. The van der Waals surface area contributed by atoms with Crippen LogP contribution in [0.2, 0.25) is 0 Å². The van der Waals surface area contributed by atoms with Gasteiger partial charge >= 0.3 is 0 Å². The van der Waals surface area contributed by atoms with E-state index in [0.717, 1.165) is 11.9 Å². The van der Waals surface area contributed by atoms with Crippen molar-refractivity contribution in [2.45, 2.75) is 32.7 Å². The minimum atomic E-state index is -3.29. The number of amides is 1. The molecule has 0 bridgehead atoms. The second-order valence-electron chi connectivity index (χ2n) is 6.38. The lowest BCUT2D eigenvalue weighted by molar-refractivity contribution is -0.130. The Labute approximate surface area is 141 Å². The van der Waals surface area contributed by atoms with E-state index in [-0.39, 0.29) is 17.9 Å². The molecular formula is C14H24N4O3S2. The van der Waals surface area contributed by atoms with E-state index in [0.29, 0.717) is 37.0 Å². The van der Waals surface area contributed by atoms with Crippen LogP contribution in [0.25, 0.3) is 0 Å². The van der Waals surface area contributed by atoms with Gasteiger partial charge in [-0.15, -0.1) is 11.3 Å². The normalized spacial score (nSPS) is 22.0. The van der Waals surface area contributed by atoms with Crippen LogP contribution in [-0.2, 0) is 21.2 Å². The Morgan fingerprint density at radius 2 is 2.22 bits per heavy atom. The van der Waals surface area contributed by atoms with Gasteiger partial charge in [0.15, 0.2) is 5.13 Å². The molecule has 7 nitrogen and oxygen atoms in total. The third-order valence-corrected chi connectivity index (χ3v) is 5.56. The Bertz CT molecular complexity index is 657. The van der Waals surface area contributed by atoms with Crippen molar-refractivity contribution < 1.29 is 13.2 Å². The number of carbonyl (C=O) groups excluding carboxylic acids is 1. The van der Waals surface area contributed by atoms with Crippen LogP contribution in [0.5, 0.6) is 0 Å². The number of rotatable bonds is 6. The zero-order chi connectivity index (χ0) is 17.2. The first kappa shape index (κ1) is 18.2. The van der Waals surface area contributed by atoms with Gasteiger partial charge < -0.3 is 10.6 Å². The molecule has 0 aliphatic carbocycles. The Kier molecular flexibility index (Phi) is 5.64. The fourth-order valence-corrected chi connectivity index (χ4v) is 4.33. The number of carbonyl (C=O) groups is 1. The summed E-state index contributed by atoms with van der Waals surface area (Å²) < 4.78 is 25.7. The molecule has 23 heavy (non-hydrogen) atoms. The molecule has 1 aliphatic rings. The lowest BCUT2D eigenvalue weighted by Gasteiger charge is -2.21. The second-order valence-corrected chi connectivity index (χ2v) is 9.05. The van der Waals surface area contributed by atoms with Crippen LogP contribution >= 0.6 is 11.3 Å². The summed E-state index contributed by atoms with van der Waals surface area (Å²) >= 11 is 1.36. The van der Waals surface area contributed by atoms with E-state index >= 15 is 0 Å². The third kappa shape index (κ3) is 5.15.